The number of rotatable bonds is 4. The van der Waals surface area contributed by atoms with Crippen LogP contribution in [0, 0.1) is 0 Å². The summed E-state index contributed by atoms with van der Waals surface area (Å²) in [6.45, 7) is 4.50. The van der Waals surface area contributed by atoms with Crippen LogP contribution < -0.4 is 5.32 Å². The molecule has 0 saturated carbocycles. The van der Waals surface area contributed by atoms with E-state index in [9.17, 15) is 14.4 Å². The molecule has 1 N–H and O–H groups in total. The van der Waals surface area contributed by atoms with Crippen molar-refractivity contribution in [2.45, 2.75) is 26.8 Å². The summed E-state index contributed by atoms with van der Waals surface area (Å²) in [6, 6.07) is 5.31. The number of thiophene rings is 1. The number of hydrogen-bond acceptors (Lipinski definition) is 7. The van der Waals surface area contributed by atoms with E-state index < -0.39 is 5.97 Å². The van der Waals surface area contributed by atoms with Crippen molar-refractivity contribution in [2.24, 2.45) is 0 Å². The maximum Gasteiger partial charge on any atom is 0.341 e. The number of carbonyl (C=O) groups excluding carboxylic acids is 3. The van der Waals surface area contributed by atoms with Gasteiger partial charge in [0.25, 0.3) is 5.91 Å². The number of fused-ring (bicyclic) bond motifs is 2. The number of benzene rings is 1. The second-order valence-corrected chi connectivity index (χ2v) is 8.60. The van der Waals surface area contributed by atoms with Crippen molar-refractivity contribution in [3.05, 3.63) is 45.3 Å². The van der Waals surface area contributed by atoms with Gasteiger partial charge in [-0.1, -0.05) is 0 Å². The molecular formula is C20H19N3O4S2. The second kappa shape index (κ2) is 7.92. The summed E-state index contributed by atoms with van der Waals surface area (Å²) in [7, 11) is 0. The van der Waals surface area contributed by atoms with Gasteiger partial charge in [0.05, 0.1) is 34.4 Å². The molecule has 0 unspecified atom stereocenters. The Labute approximate surface area is 175 Å². The number of hydrogen-bond donors (Lipinski definition) is 1. The molecule has 4 rings (SSSR count). The molecule has 0 atom stereocenters. The fraction of sp³-hybridized carbons (Fsp3) is 0.300. The number of anilines is 1. The Bertz CT molecular complexity index is 1120. The van der Waals surface area contributed by atoms with E-state index in [1.807, 2.05) is 0 Å². The number of carbonyl (C=O) groups is 3. The second-order valence-electron chi connectivity index (χ2n) is 6.61. The van der Waals surface area contributed by atoms with Gasteiger partial charge in [-0.2, -0.15) is 0 Å². The highest BCUT2D eigenvalue weighted by Crippen LogP contribution is 2.38. The smallest absolute Gasteiger partial charge is 0.341 e. The summed E-state index contributed by atoms with van der Waals surface area (Å²) < 4.78 is 6.15. The number of nitrogens with one attached hydrogen (secondary N) is 1. The summed E-state index contributed by atoms with van der Waals surface area (Å²) >= 11 is 2.79. The molecule has 1 aliphatic heterocycles. The third-order valence-corrected chi connectivity index (χ3v) is 6.73. The van der Waals surface area contributed by atoms with E-state index in [0.717, 1.165) is 20.7 Å². The fourth-order valence-electron chi connectivity index (χ4n) is 3.35. The molecule has 2 aromatic heterocycles. The highest BCUT2D eigenvalue weighted by Gasteiger charge is 2.30. The molecule has 3 heterocycles. The van der Waals surface area contributed by atoms with Gasteiger partial charge in [0, 0.05) is 23.9 Å². The van der Waals surface area contributed by atoms with Crippen LogP contribution in [0.3, 0.4) is 0 Å². The lowest BCUT2D eigenvalue weighted by Gasteiger charge is -2.25. The van der Waals surface area contributed by atoms with Crippen molar-refractivity contribution in [1.82, 2.24) is 9.88 Å². The van der Waals surface area contributed by atoms with Gasteiger partial charge in [0.15, 0.2) is 0 Å². The van der Waals surface area contributed by atoms with Gasteiger partial charge < -0.3 is 15.0 Å². The normalized spacial score (nSPS) is 13.2. The standard InChI is InChI=1S/C20H19N3O4S2/c1-3-27-20(26)17-13-6-7-23(11(2)24)9-16(13)29-19(17)22-18(25)12-4-5-14-15(8-12)28-10-21-14/h4-5,8,10H,3,6-7,9H2,1-2H3,(H,22,25). The molecule has 1 aromatic carbocycles. The van der Waals surface area contributed by atoms with Crippen LogP contribution in [0.4, 0.5) is 5.00 Å². The van der Waals surface area contributed by atoms with Crippen LogP contribution in [-0.2, 0) is 22.5 Å². The Balaban J connectivity index is 1.67. The van der Waals surface area contributed by atoms with Crippen LogP contribution in [0.1, 0.15) is 45.0 Å². The van der Waals surface area contributed by atoms with Crippen LogP contribution in [0.25, 0.3) is 10.2 Å². The van der Waals surface area contributed by atoms with Crippen molar-refractivity contribution in [3.63, 3.8) is 0 Å². The first-order chi connectivity index (χ1) is 14.0. The van der Waals surface area contributed by atoms with E-state index in [2.05, 4.69) is 10.3 Å². The van der Waals surface area contributed by atoms with E-state index in [-0.39, 0.29) is 18.4 Å². The summed E-state index contributed by atoms with van der Waals surface area (Å²) in [4.78, 5) is 44.1. The molecule has 0 radical (unpaired) electrons. The van der Waals surface area contributed by atoms with Crippen LogP contribution in [0.2, 0.25) is 0 Å². The summed E-state index contributed by atoms with van der Waals surface area (Å²) in [6.07, 6.45) is 0.558. The van der Waals surface area contributed by atoms with Crippen molar-refractivity contribution in [1.29, 1.82) is 0 Å². The average molecular weight is 430 g/mol. The summed E-state index contributed by atoms with van der Waals surface area (Å²) in [5.41, 5.74) is 4.34. The van der Waals surface area contributed by atoms with Gasteiger partial charge in [-0.25, -0.2) is 9.78 Å². The Morgan fingerprint density at radius 2 is 2.14 bits per heavy atom. The number of thiazole rings is 1. The Morgan fingerprint density at radius 3 is 2.90 bits per heavy atom. The fourth-order valence-corrected chi connectivity index (χ4v) is 5.31. The minimum Gasteiger partial charge on any atom is -0.462 e. The number of ether oxygens (including phenoxy) is 1. The molecule has 29 heavy (non-hydrogen) atoms. The number of nitrogens with zero attached hydrogens (tertiary/aromatic N) is 2. The van der Waals surface area contributed by atoms with Crippen LogP contribution in [0.15, 0.2) is 23.7 Å². The molecule has 0 spiro atoms. The molecule has 7 nitrogen and oxygen atoms in total. The van der Waals surface area contributed by atoms with Gasteiger partial charge in [0.1, 0.15) is 5.00 Å². The largest absolute Gasteiger partial charge is 0.462 e. The molecule has 0 fully saturated rings. The highest BCUT2D eigenvalue weighted by molar-refractivity contribution is 7.17. The predicted molar refractivity (Wildman–Crippen MR) is 113 cm³/mol. The average Bonchev–Trinajstić information content (AvgIpc) is 3.30. The van der Waals surface area contributed by atoms with Crippen LogP contribution in [-0.4, -0.2) is 40.8 Å². The zero-order chi connectivity index (χ0) is 20.5. The first-order valence-electron chi connectivity index (χ1n) is 9.19. The van der Waals surface area contributed by atoms with E-state index in [0.29, 0.717) is 35.6 Å². The molecule has 3 aromatic rings. The molecular weight excluding hydrogens is 410 g/mol. The topological polar surface area (TPSA) is 88.6 Å². The molecule has 0 saturated heterocycles. The quantitative estimate of drug-likeness (QED) is 0.639. The first kappa shape index (κ1) is 19.5. The van der Waals surface area contributed by atoms with Gasteiger partial charge in [-0.05, 0) is 37.1 Å². The minimum absolute atomic E-state index is 0.00909. The van der Waals surface area contributed by atoms with Crippen LogP contribution >= 0.6 is 22.7 Å². The monoisotopic (exact) mass is 429 g/mol. The molecule has 1 aliphatic rings. The maximum atomic E-state index is 12.9. The van der Waals surface area contributed by atoms with Gasteiger partial charge >= 0.3 is 5.97 Å². The highest BCUT2D eigenvalue weighted by atomic mass is 32.1. The number of aromatic nitrogens is 1. The van der Waals surface area contributed by atoms with Gasteiger partial charge in [-0.3, -0.25) is 9.59 Å². The Hall–Kier alpha value is -2.78. The van der Waals surface area contributed by atoms with E-state index in [1.54, 1.807) is 35.5 Å². The Morgan fingerprint density at radius 1 is 1.31 bits per heavy atom. The zero-order valence-corrected chi connectivity index (χ0v) is 17.6. The zero-order valence-electron chi connectivity index (χ0n) is 16.0. The van der Waals surface area contributed by atoms with Crippen molar-refractivity contribution < 1.29 is 19.1 Å². The molecule has 9 heteroatoms. The lowest BCUT2D eigenvalue weighted by Crippen LogP contribution is -2.34. The third-order valence-electron chi connectivity index (χ3n) is 4.80. The summed E-state index contributed by atoms with van der Waals surface area (Å²) in [5, 5.41) is 3.35. The lowest BCUT2D eigenvalue weighted by molar-refractivity contribution is -0.129. The Kier molecular flexibility index (Phi) is 5.33. The number of amides is 2. The number of esters is 1. The van der Waals surface area contributed by atoms with Crippen LogP contribution in [0.5, 0.6) is 0 Å². The van der Waals surface area contributed by atoms with E-state index in [4.69, 9.17) is 4.74 Å². The van der Waals surface area contributed by atoms with Gasteiger partial charge in [-0.15, -0.1) is 22.7 Å². The van der Waals surface area contributed by atoms with Crippen molar-refractivity contribution >= 4 is 55.7 Å². The van der Waals surface area contributed by atoms with Crippen molar-refractivity contribution in [3.8, 4) is 0 Å². The minimum atomic E-state index is -0.450. The summed E-state index contributed by atoms with van der Waals surface area (Å²) in [5.74, 6) is -0.757. The van der Waals surface area contributed by atoms with Crippen molar-refractivity contribution in [2.75, 3.05) is 18.5 Å². The van der Waals surface area contributed by atoms with E-state index >= 15 is 0 Å². The predicted octanol–water partition coefficient (Wildman–Crippen LogP) is 3.69. The third kappa shape index (κ3) is 3.75. The first-order valence-corrected chi connectivity index (χ1v) is 10.9. The lowest BCUT2D eigenvalue weighted by atomic mass is 10.0. The van der Waals surface area contributed by atoms with E-state index in [1.165, 1.54) is 29.6 Å². The SMILES string of the molecule is CCOC(=O)c1c(NC(=O)c2ccc3ncsc3c2)sc2c1CCN(C(C)=O)C2. The molecule has 150 valence electrons. The maximum absolute atomic E-state index is 12.9. The molecule has 0 bridgehead atoms. The van der Waals surface area contributed by atoms with Gasteiger partial charge in [0.2, 0.25) is 5.91 Å². The molecule has 2 amide bonds. The molecule has 0 aliphatic carbocycles.